The second kappa shape index (κ2) is 6.89. The average Bonchev–Trinajstić information content (AvgIpc) is 2.48. The van der Waals surface area contributed by atoms with Crippen molar-refractivity contribution in [2.75, 3.05) is 0 Å². The normalized spacial score (nSPS) is 23.5. The topological polar surface area (TPSA) is 66.4 Å². The monoisotopic (exact) mass is 397 g/mol. The van der Waals surface area contributed by atoms with Crippen molar-refractivity contribution >= 4 is 39.4 Å². The number of aliphatic carboxylic acids is 1. The number of carboxylic acid groups (broad SMARTS) is 1. The summed E-state index contributed by atoms with van der Waals surface area (Å²) in [7, 11) is 0. The first-order valence-corrected chi connectivity index (χ1v) is 8.36. The highest BCUT2D eigenvalue weighted by molar-refractivity contribution is 9.10. The highest BCUT2D eigenvalue weighted by Crippen LogP contribution is 2.41. The lowest BCUT2D eigenvalue weighted by molar-refractivity contribution is -0.148. The van der Waals surface area contributed by atoms with E-state index in [-0.39, 0.29) is 11.8 Å². The number of allylic oxidation sites excluding steroid dienone is 2. The summed E-state index contributed by atoms with van der Waals surface area (Å²) in [6, 6.07) is 7.02. The molecule has 4 nitrogen and oxygen atoms in total. The summed E-state index contributed by atoms with van der Waals surface area (Å²) >= 11 is 9.57. The van der Waals surface area contributed by atoms with Gasteiger partial charge in [-0.25, -0.2) is 0 Å². The van der Waals surface area contributed by atoms with E-state index in [9.17, 15) is 14.7 Å². The maximum Gasteiger partial charge on any atom is 0.315 e. The van der Waals surface area contributed by atoms with Gasteiger partial charge < -0.3 is 10.4 Å². The van der Waals surface area contributed by atoms with E-state index in [1.54, 1.807) is 44.2 Å². The van der Waals surface area contributed by atoms with Crippen LogP contribution in [0.2, 0.25) is 0 Å². The maximum atomic E-state index is 12.4. The second-order valence-electron chi connectivity index (χ2n) is 5.69. The molecule has 0 radical (unpaired) electrons. The Kier molecular flexibility index (Phi) is 5.32. The number of amides is 1. The van der Waals surface area contributed by atoms with Gasteiger partial charge in [0.25, 0.3) is 5.91 Å². The van der Waals surface area contributed by atoms with Gasteiger partial charge in [-0.2, -0.15) is 0 Å². The second-order valence-corrected chi connectivity index (χ2v) is 7.01. The summed E-state index contributed by atoms with van der Waals surface area (Å²) < 4.78 is 0.668. The van der Waals surface area contributed by atoms with Crippen LogP contribution in [0.25, 0.3) is 0 Å². The summed E-state index contributed by atoms with van der Waals surface area (Å²) in [4.78, 5) is 24.2. The van der Waals surface area contributed by atoms with Crippen molar-refractivity contribution in [1.29, 1.82) is 0 Å². The van der Waals surface area contributed by atoms with E-state index in [0.717, 1.165) is 0 Å². The first kappa shape index (κ1) is 17.8. The van der Waals surface area contributed by atoms with Gasteiger partial charge in [-0.3, -0.25) is 9.59 Å². The smallest absolute Gasteiger partial charge is 0.315 e. The molecule has 0 aliphatic heterocycles. The maximum absolute atomic E-state index is 12.4. The highest BCUT2D eigenvalue weighted by Gasteiger charge is 2.47. The van der Waals surface area contributed by atoms with Gasteiger partial charge in [-0.15, -0.1) is 11.6 Å². The molecule has 122 valence electrons. The van der Waals surface area contributed by atoms with E-state index in [2.05, 4.69) is 21.2 Å². The lowest BCUT2D eigenvalue weighted by atomic mass is 9.71. The summed E-state index contributed by atoms with van der Waals surface area (Å²) in [5.41, 5.74) is -0.355. The summed E-state index contributed by atoms with van der Waals surface area (Å²) in [5.74, 6) is -1.56. The van der Waals surface area contributed by atoms with Crippen molar-refractivity contribution in [3.8, 4) is 0 Å². The first-order valence-electron chi connectivity index (χ1n) is 7.13. The van der Waals surface area contributed by atoms with Crippen molar-refractivity contribution in [3.05, 3.63) is 58.2 Å². The number of nitrogens with one attached hydrogen (secondary N) is 1. The van der Waals surface area contributed by atoms with Gasteiger partial charge in [0.2, 0.25) is 0 Å². The van der Waals surface area contributed by atoms with Gasteiger partial charge in [0.1, 0.15) is 5.41 Å². The van der Waals surface area contributed by atoms with Gasteiger partial charge in [-0.1, -0.05) is 32.1 Å². The summed E-state index contributed by atoms with van der Waals surface area (Å²) in [6.45, 7) is 3.60. The van der Waals surface area contributed by atoms with Gasteiger partial charge in [0.15, 0.2) is 0 Å². The Hall–Kier alpha value is -1.59. The SMILES string of the molecule is CC(C)C1(C(=O)O)C=C(NC(=O)c2ccccc2Br)C=CC1Cl. The fourth-order valence-electron chi connectivity index (χ4n) is 2.57. The van der Waals surface area contributed by atoms with Crippen molar-refractivity contribution < 1.29 is 14.7 Å². The van der Waals surface area contributed by atoms with Crippen LogP contribution in [0, 0.1) is 11.3 Å². The average molecular weight is 399 g/mol. The standard InChI is InChI=1S/C17H17BrClNO3/c1-10(2)17(16(22)23)9-11(7-8-14(17)19)20-15(21)12-5-3-4-6-13(12)18/h3-10,14H,1-2H3,(H,20,21)(H,22,23). The largest absolute Gasteiger partial charge is 0.481 e. The number of carbonyl (C=O) groups is 2. The minimum absolute atomic E-state index is 0.234. The summed E-state index contributed by atoms with van der Waals surface area (Å²) in [6.07, 6.45) is 4.77. The fraction of sp³-hybridized carbons (Fsp3) is 0.294. The Morgan fingerprint density at radius 1 is 1.35 bits per heavy atom. The van der Waals surface area contributed by atoms with Crippen molar-refractivity contribution in [3.63, 3.8) is 0 Å². The van der Waals surface area contributed by atoms with Crippen LogP contribution in [0.15, 0.2) is 52.7 Å². The van der Waals surface area contributed by atoms with Crippen LogP contribution in [0.3, 0.4) is 0 Å². The van der Waals surface area contributed by atoms with Crippen LogP contribution in [0.5, 0.6) is 0 Å². The zero-order valence-electron chi connectivity index (χ0n) is 12.7. The van der Waals surface area contributed by atoms with Crippen LogP contribution >= 0.6 is 27.5 Å². The molecule has 6 heteroatoms. The number of halogens is 2. The number of hydrogen-bond acceptors (Lipinski definition) is 2. The lowest BCUT2D eigenvalue weighted by Crippen LogP contribution is -2.44. The number of rotatable bonds is 4. The lowest BCUT2D eigenvalue weighted by Gasteiger charge is -2.36. The Morgan fingerprint density at radius 2 is 2.00 bits per heavy atom. The van der Waals surface area contributed by atoms with Crippen LogP contribution < -0.4 is 5.32 Å². The molecule has 1 aliphatic carbocycles. The molecule has 1 aromatic rings. The van der Waals surface area contributed by atoms with Crippen molar-refractivity contribution in [2.24, 2.45) is 11.3 Å². The molecule has 2 atom stereocenters. The molecule has 2 N–H and O–H groups in total. The van der Waals surface area contributed by atoms with Gasteiger partial charge in [0, 0.05) is 10.2 Å². The van der Waals surface area contributed by atoms with Gasteiger partial charge in [-0.05, 0) is 46.1 Å². The molecule has 2 unspecified atom stereocenters. The third-order valence-corrected chi connectivity index (χ3v) is 5.20. The van der Waals surface area contributed by atoms with E-state index < -0.39 is 16.8 Å². The number of benzene rings is 1. The van der Waals surface area contributed by atoms with E-state index in [1.165, 1.54) is 6.08 Å². The summed E-state index contributed by atoms with van der Waals surface area (Å²) in [5, 5.41) is 11.7. The van der Waals surface area contributed by atoms with Crippen LogP contribution in [0.4, 0.5) is 0 Å². The number of carboxylic acids is 1. The third-order valence-electron chi connectivity index (χ3n) is 4.00. The number of carbonyl (C=O) groups excluding carboxylic acids is 1. The molecule has 1 aromatic carbocycles. The number of hydrogen-bond donors (Lipinski definition) is 2. The first-order chi connectivity index (χ1) is 10.8. The Bertz CT molecular complexity index is 699. The van der Waals surface area contributed by atoms with Crippen LogP contribution in [0.1, 0.15) is 24.2 Å². The molecule has 1 amide bonds. The minimum atomic E-state index is -1.26. The van der Waals surface area contributed by atoms with Crippen molar-refractivity contribution in [1.82, 2.24) is 5.32 Å². The molecule has 0 saturated heterocycles. The third kappa shape index (κ3) is 3.35. The molecule has 0 heterocycles. The molecular weight excluding hydrogens is 382 g/mol. The molecule has 2 rings (SSSR count). The van der Waals surface area contributed by atoms with E-state index >= 15 is 0 Å². The molecule has 0 bridgehead atoms. The fourth-order valence-corrected chi connectivity index (χ4v) is 3.51. The Labute approximate surface area is 148 Å². The van der Waals surface area contributed by atoms with Crippen molar-refractivity contribution in [2.45, 2.75) is 19.2 Å². The molecular formula is C17H17BrClNO3. The quantitative estimate of drug-likeness (QED) is 0.754. The predicted molar refractivity (Wildman–Crippen MR) is 93.4 cm³/mol. The molecule has 0 spiro atoms. The molecule has 1 aliphatic rings. The van der Waals surface area contributed by atoms with Crippen LogP contribution in [-0.4, -0.2) is 22.4 Å². The highest BCUT2D eigenvalue weighted by atomic mass is 79.9. The van der Waals surface area contributed by atoms with E-state index in [1.807, 2.05) is 6.07 Å². The van der Waals surface area contributed by atoms with E-state index in [4.69, 9.17) is 11.6 Å². The molecule has 0 fully saturated rings. The van der Waals surface area contributed by atoms with Gasteiger partial charge in [0.05, 0.1) is 10.9 Å². The number of alkyl halides is 1. The predicted octanol–water partition coefficient (Wildman–Crippen LogP) is 3.97. The Morgan fingerprint density at radius 3 is 2.57 bits per heavy atom. The Balaban J connectivity index is 2.33. The van der Waals surface area contributed by atoms with Gasteiger partial charge >= 0.3 is 5.97 Å². The molecule has 0 saturated carbocycles. The van der Waals surface area contributed by atoms with Crippen LogP contribution in [-0.2, 0) is 4.79 Å². The zero-order chi connectivity index (χ0) is 17.2. The zero-order valence-corrected chi connectivity index (χ0v) is 15.1. The molecule has 23 heavy (non-hydrogen) atoms. The minimum Gasteiger partial charge on any atom is -0.481 e. The van der Waals surface area contributed by atoms with E-state index in [0.29, 0.717) is 15.7 Å². The molecule has 0 aromatic heterocycles.